The Morgan fingerprint density at radius 2 is 1.14 bits per heavy atom. The number of benzene rings is 4. The number of carbonyl (C=O) groups is 4. The number of hydrogen-bond acceptors (Lipinski definition) is 8. The summed E-state index contributed by atoms with van der Waals surface area (Å²) in [6.07, 6.45) is 4.50. The number of aryl methyl sites for hydroxylation is 2. The molecule has 4 aromatic carbocycles. The Balaban J connectivity index is 0.914. The van der Waals surface area contributed by atoms with Crippen LogP contribution in [0.1, 0.15) is 90.2 Å². The van der Waals surface area contributed by atoms with Crippen LogP contribution in [0, 0.1) is 0 Å². The summed E-state index contributed by atoms with van der Waals surface area (Å²) in [5.74, 6) is 1.07. The first-order chi connectivity index (χ1) is 28.8. The first-order valence-electron chi connectivity index (χ1n) is 20.2. The zero-order valence-corrected chi connectivity index (χ0v) is 33.1. The van der Waals surface area contributed by atoms with Crippen molar-refractivity contribution in [2.24, 2.45) is 0 Å². The lowest BCUT2D eigenvalue weighted by Gasteiger charge is -2.28. The fourth-order valence-corrected chi connectivity index (χ4v) is 8.45. The van der Waals surface area contributed by atoms with E-state index < -0.39 is 24.3 Å². The number of fused-ring (bicyclic) bond motifs is 2. The zero-order chi connectivity index (χ0) is 40.9. The van der Waals surface area contributed by atoms with E-state index in [9.17, 15) is 19.2 Å². The van der Waals surface area contributed by atoms with Crippen LogP contribution in [0.4, 0.5) is 9.59 Å². The summed E-state index contributed by atoms with van der Waals surface area (Å²) in [7, 11) is 2.57. The van der Waals surface area contributed by atoms with Gasteiger partial charge in [0.1, 0.15) is 23.7 Å². The predicted octanol–water partition coefficient (Wildman–Crippen LogP) is 7.14. The van der Waals surface area contributed by atoms with E-state index >= 15 is 0 Å². The van der Waals surface area contributed by atoms with Crippen molar-refractivity contribution in [3.63, 3.8) is 0 Å². The van der Waals surface area contributed by atoms with Gasteiger partial charge >= 0.3 is 12.2 Å². The monoisotopic (exact) mass is 796 g/mol. The maximum absolute atomic E-state index is 13.9. The minimum absolute atomic E-state index is 0.201. The molecule has 0 spiro atoms. The van der Waals surface area contributed by atoms with Gasteiger partial charge in [0.25, 0.3) is 11.8 Å². The van der Waals surface area contributed by atoms with Crippen LogP contribution in [-0.2, 0) is 31.9 Å². The second-order valence-electron chi connectivity index (χ2n) is 15.1. The van der Waals surface area contributed by atoms with Gasteiger partial charge in [-0.25, -0.2) is 19.6 Å². The quantitative estimate of drug-likeness (QED) is 0.101. The summed E-state index contributed by atoms with van der Waals surface area (Å²) in [6.45, 7) is 1.13. The Hall–Kier alpha value is -6.70. The first-order valence-corrected chi connectivity index (χ1v) is 20.2. The zero-order valence-electron chi connectivity index (χ0n) is 33.1. The number of nitrogens with zero attached hydrogens (tertiary/aromatic N) is 4. The molecule has 304 valence electrons. The van der Waals surface area contributed by atoms with E-state index in [0.717, 1.165) is 78.7 Å². The Morgan fingerprint density at radius 1 is 0.644 bits per heavy atom. The van der Waals surface area contributed by atoms with Crippen LogP contribution in [0.5, 0.6) is 0 Å². The molecule has 2 aliphatic heterocycles. The Kier molecular flexibility index (Phi) is 11.6. The Labute approximate surface area is 341 Å². The van der Waals surface area contributed by atoms with Crippen LogP contribution in [0.3, 0.4) is 0 Å². The normalized spacial score (nSPS) is 17.5. The van der Waals surface area contributed by atoms with Gasteiger partial charge in [-0.2, -0.15) is 0 Å². The van der Waals surface area contributed by atoms with Crippen molar-refractivity contribution in [3.05, 3.63) is 131 Å². The molecule has 14 nitrogen and oxygen atoms in total. The second kappa shape index (κ2) is 17.4. The fourth-order valence-electron chi connectivity index (χ4n) is 8.45. The number of aromatic amines is 2. The van der Waals surface area contributed by atoms with Gasteiger partial charge in [-0.3, -0.25) is 9.59 Å². The van der Waals surface area contributed by atoms with Crippen LogP contribution in [-0.4, -0.2) is 81.0 Å². The number of H-pyrrole nitrogens is 2. The van der Waals surface area contributed by atoms with Crippen molar-refractivity contribution < 1.29 is 28.7 Å². The average molecular weight is 797 g/mol. The number of nitrogens with one attached hydrogen (secondary N) is 4. The summed E-state index contributed by atoms with van der Waals surface area (Å²) in [5, 5.41) is 5.45. The maximum Gasteiger partial charge on any atom is 0.407 e. The predicted molar refractivity (Wildman–Crippen MR) is 221 cm³/mol. The van der Waals surface area contributed by atoms with Crippen molar-refractivity contribution in [3.8, 4) is 0 Å². The number of likely N-dealkylation sites (tertiary alicyclic amines) is 2. The van der Waals surface area contributed by atoms with E-state index in [1.165, 1.54) is 25.3 Å². The van der Waals surface area contributed by atoms with Gasteiger partial charge in [0, 0.05) is 13.1 Å². The lowest BCUT2D eigenvalue weighted by molar-refractivity contribution is -0.135. The summed E-state index contributed by atoms with van der Waals surface area (Å²) in [4.78, 5) is 72.8. The van der Waals surface area contributed by atoms with Crippen molar-refractivity contribution in [2.75, 3.05) is 27.3 Å². The molecule has 0 unspecified atom stereocenters. The summed E-state index contributed by atoms with van der Waals surface area (Å²) < 4.78 is 9.67. The summed E-state index contributed by atoms with van der Waals surface area (Å²) in [5.41, 5.74) is 7.26. The fraction of sp³-hybridized carbons (Fsp3) is 0.333. The molecule has 4 atom stereocenters. The SMILES string of the molecule is COC(=O)N[C@@H](C(=O)N1CCC[C@H]1c1nc2cc(CCCc3ccc4nc([C@@H]5CCCN5C(=O)[C@H](NC(=O)OC)c5ccccc5)[nH]c4c3)ccc2[nH]1)c1ccccc1. The van der Waals surface area contributed by atoms with E-state index in [1.807, 2.05) is 71.6 Å². The maximum atomic E-state index is 13.9. The van der Waals surface area contributed by atoms with E-state index in [0.29, 0.717) is 24.2 Å². The van der Waals surface area contributed by atoms with E-state index in [1.54, 1.807) is 4.90 Å². The van der Waals surface area contributed by atoms with Gasteiger partial charge in [0.15, 0.2) is 0 Å². The first kappa shape index (κ1) is 39.1. The van der Waals surface area contributed by atoms with Gasteiger partial charge in [-0.15, -0.1) is 0 Å². The standard InChI is InChI=1S/C45H48N8O6/c1-58-44(56)50-38(30-14-5-3-6-15-30)42(54)52-24-10-18-36(52)40-46-32-22-20-28(26-34(32)48-40)12-9-13-29-21-23-33-35(27-29)49-41(47-33)37-19-11-25-53(37)43(55)39(51-45(57)59-2)31-16-7-4-8-17-31/h3-8,14-17,20-23,26-27,36-39H,9-13,18-19,24-25H2,1-2H3,(H,46,48)(H,47,49)(H,50,56)(H,51,57)/t36-,37-,38+,39+/m0/s1. The van der Waals surface area contributed by atoms with E-state index in [4.69, 9.17) is 19.4 Å². The van der Waals surface area contributed by atoms with Crippen LogP contribution in [0.25, 0.3) is 22.1 Å². The third-order valence-electron chi connectivity index (χ3n) is 11.4. The molecule has 2 aromatic heterocycles. The van der Waals surface area contributed by atoms with Crippen molar-refractivity contribution >= 4 is 46.1 Å². The van der Waals surface area contributed by atoms with Gasteiger partial charge in [-0.05, 0) is 91.5 Å². The summed E-state index contributed by atoms with van der Waals surface area (Å²) >= 11 is 0. The number of methoxy groups -OCH3 is 2. The molecule has 0 bridgehead atoms. The number of carbonyl (C=O) groups excluding carboxylic acids is 4. The number of hydrogen-bond donors (Lipinski definition) is 4. The number of ether oxygens (including phenoxy) is 2. The van der Waals surface area contributed by atoms with Crippen LogP contribution in [0.15, 0.2) is 97.1 Å². The van der Waals surface area contributed by atoms with Crippen molar-refractivity contribution in [2.45, 2.75) is 69.1 Å². The van der Waals surface area contributed by atoms with Gasteiger partial charge in [0.05, 0.1) is 48.4 Å². The highest BCUT2D eigenvalue weighted by atomic mass is 16.5. The largest absolute Gasteiger partial charge is 0.453 e. The van der Waals surface area contributed by atoms with Crippen LogP contribution < -0.4 is 10.6 Å². The average Bonchev–Trinajstić information content (AvgIpc) is 4.10. The molecule has 0 radical (unpaired) electrons. The number of imidazole rings is 2. The number of aromatic nitrogens is 4. The highest BCUT2D eigenvalue weighted by Gasteiger charge is 2.38. The van der Waals surface area contributed by atoms with Gasteiger partial charge < -0.3 is 39.9 Å². The van der Waals surface area contributed by atoms with Crippen molar-refractivity contribution in [1.29, 1.82) is 0 Å². The number of amides is 4. The lowest BCUT2D eigenvalue weighted by atomic mass is 10.0. The molecule has 4 amide bonds. The van der Waals surface area contributed by atoms with Gasteiger partial charge in [0.2, 0.25) is 0 Å². The third-order valence-corrected chi connectivity index (χ3v) is 11.4. The Bertz CT molecular complexity index is 2280. The molecule has 14 heteroatoms. The molecule has 0 aliphatic carbocycles. The smallest absolute Gasteiger partial charge is 0.407 e. The summed E-state index contributed by atoms with van der Waals surface area (Å²) in [6, 6.07) is 28.7. The molecular formula is C45H48N8O6. The Morgan fingerprint density at radius 3 is 1.68 bits per heavy atom. The molecule has 2 fully saturated rings. The molecule has 8 rings (SSSR count). The minimum Gasteiger partial charge on any atom is -0.453 e. The minimum atomic E-state index is -0.874. The van der Waals surface area contributed by atoms with Crippen LogP contribution in [0.2, 0.25) is 0 Å². The molecule has 2 saturated heterocycles. The van der Waals surface area contributed by atoms with Crippen LogP contribution >= 0.6 is 0 Å². The third kappa shape index (κ3) is 8.47. The molecule has 6 aromatic rings. The van der Waals surface area contributed by atoms with Gasteiger partial charge in [-0.1, -0.05) is 72.8 Å². The molecule has 0 saturated carbocycles. The topological polar surface area (TPSA) is 175 Å². The second-order valence-corrected chi connectivity index (χ2v) is 15.1. The van der Waals surface area contributed by atoms with Crippen molar-refractivity contribution in [1.82, 2.24) is 40.4 Å². The van der Waals surface area contributed by atoms with E-state index in [-0.39, 0.29) is 23.9 Å². The number of alkyl carbamates (subject to hydrolysis) is 2. The molecule has 4 N–H and O–H groups in total. The molecular weight excluding hydrogens is 749 g/mol. The van der Waals surface area contributed by atoms with E-state index in [2.05, 4.69) is 50.9 Å². The highest BCUT2D eigenvalue weighted by molar-refractivity contribution is 5.88. The molecule has 59 heavy (non-hydrogen) atoms. The number of rotatable bonds is 12. The molecule has 4 heterocycles. The highest BCUT2D eigenvalue weighted by Crippen LogP contribution is 2.36. The lowest BCUT2D eigenvalue weighted by Crippen LogP contribution is -2.42. The molecule has 2 aliphatic rings.